The van der Waals surface area contributed by atoms with Gasteiger partial charge in [0.05, 0.1) is 0 Å². The maximum atomic E-state index is 10.4. The summed E-state index contributed by atoms with van der Waals surface area (Å²) in [5, 5.41) is 8.53. The second kappa shape index (κ2) is 4.99. The summed E-state index contributed by atoms with van der Waals surface area (Å²) in [5.74, 6) is 1.22. The van der Waals surface area contributed by atoms with Gasteiger partial charge in [-0.2, -0.15) is 0 Å². The number of carbonyl (C=O) groups is 1. The molecule has 0 aliphatic carbocycles. The van der Waals surface area contributed by atoms with Gasteiger partial charge in [0.25, 0.3) is 0 Å². The Balaban J connectivity index is 3.04. The molecule has 0 atom stereocenters. The Morgan fingerprint density at radius 3 is 2.79 bits per heavy atom. The first-order valence-electron chi connectivity index (χ1n) is 4.19. The van der Waals surface area contributed by atoms with Gasteiger partial charge in [0.2, 0.25) is 0 Å². The van der Waals surface area contributed by atoms with E-state index in [0.717, 1.165) is 11.1 Å². The molecule has 14 heavy (non-hydrogen) atoms. The second-order valence-electron chi connectivity index (χ2n) is 2.92. The van der Waals surface area contributed by atoms with Gasteiger partial charge in [-0.15, -0.1) is 0 Å². The van der Waals surface area contributed by atoms with Crippen molar-refractivity contribution in [3.05, 3.63) is 35.4 Å². The van der Waals surface area contributed by atoms with Crippen LogP contribution in [-0.4, -0.2) is 26.0 Å². The Kier molecular flexibility index (Phi) is 3.93. The number of rotatable bonds is 3. The van der Waals surface area contributed by atoms with Crippen molar-refractivity contribution in [2.75, 3.05) is 0 Å². The van der Waals surface area contributed by atoms with Crippen molar-refractivity contribution < 1.29 is 9.90 Å². The molecule has 74 valence electrons. The molecule has 0 aliphatic rings. The van der Waals surface area contributed by atoms with Gasteiger partial charge in [-0.25, -0.2) is 0 Å². The third-order valence-corrected chi connectivity index (χ3v) is 3.49. The predicted molar refractivity (Wildman–Crippen MR) is 59.1 cm³/mol. The van der Waals surface area contributed by atoms with Gasteiger partial charge in [-0.05, 0) is 0 Å². The van der Waals surface area contributed by atoms with Gasteiger partial charge in [0, 0.05) is 0 Å². The minimum atomic E-state index is -0.902. The molecule has 0 spiro atoms. The molecule has 0 aromatic heterocycles. The third-order valence-electron chi connectivity index (χ3n) is 1.79. The van der Waals surface area contributed by atoms with E-state index in [1.54, 1.807) is 6.08 Å². The second-order valence-corrected chi connectivity index (χ2v) is 4.70. The molecule has 0 aliphatic heterocycles. The van der Waals surface area contributed by atoms with E-state index in [2.05, 4.69) is 18.0 Å². The van der Waals surface area contributed by atoms with Crippen molar-refractivity contribution in [1.29, 1.82) is 0 Å². The number of hydrogen-bond donors (Lipinski definition) is 1. The molecule has 0 fully saturated rings. The molecule has 0 saturated carbocycles. The molecular weight excluding hydrogens is 243 g/mol. The van der Waals surface area contributed by atoms with Crippen molar-refractivity contribution in [1.82, 2.24) is 0 Å². The van der Waals surface area contributed by atoms with E-state index < -0.39 is 5.97 Å². The average molecular weight is 255 g/mol. The van der Waals surface area contributed by atoms with Crippen molar-refractivity contribution in [3.8, 4) is 0 Å². The summed E-state index contributed by atoms with van der Waals surface area (Å²) >= 11 is 0.395. The molecule has 0 amide bonds. The van der Waals surface area contributed by atoms with Crippen molar-refractivity contribution >= 4 is 31.5 Å². The minimum absolute atomic E-state index is 0.395. The van der Waals surface area contributed by atoms with Crippen LogP contribution in [0, 0.1) is 6.92 Å². The summed E-state index contributed by atoms with van der Waals surface area (Å²) in [6, 6.07) is 6.13. The van der Waals surface area contributed by atoms with Crippen LogP contribution in [0.1, 0.15) is 11.1 Å². The number of carboxylic acid groups (broad SMARTS) is 1. The Hall–Kier alpha value is -1.05. The standard InChI is InChI=1S/C11H12O2Se/c1-8-3-5-10(14-2)9(7-8)4-6-11(12)13/h3-7H,1-2H3,(H,12,13)/b6-4+. The molecule has 0 heterocycles. The zero-order valence-corrected chi connectivity index (χ0v) is 9.86. The topological polar surface area (TPSA) is 37.3 Å². The summed E-state index contributed by atoms with van der Waals surface area (Å²) in [6.45, 7) is 2.00. The zero-order valence-electron chi connectivity index (χ0n) is 8.15. The summed E-state index contributed by atoms with van der Waals surface area (Å²) in [5.41, 5.74) is 2.18. The number of aliphatic carboxylic acids is 1. The fourth-order valence-corrected chi connectivity index (χ4v) is 2.33. The quantitative estimate of drug-likeness (QED) is 0.656. The number of aryl methyl sites for hydroxylation is 1. The Labute approximate surface area is 89.8 Å². The Morgan fingerprint density at radius 1 is 1.50 bits per heavy atom. The number of hydrogen-bond acceptors (Lipinski definition) is 1. The molecule has 0 bridgehead atoms. The molecule has 1 rings (SSSR count). The van der Waals surface area contributed by atoms with Gasteiger partial charge in [-0.3, -0.25) is 0 Å². The summed E-state index contributed by atoms with van der Waals surface area (Å²) in [7, 11) is 0. The van der Waals surface area contributed by atoms with Gasteiger partial charge in [0.15, 0.2) is 0 Å². The third kappa shape index (κ3) is 3.02. The Bertz CT molecular complexity index is 370. The van der Waals surface area contributed by atoms with Crippen LogP contribution < -0.4 is 4.46 Å². The van der Waals surface area contributed by atoms with Crippen LogP contribution in [0.15, 0.2) is 24.3 Å². The van der Waals surface area contributed by atoms with E-state index in [-0.39, 0.29) is 0 Å². The number of carboxylic acids is 1. The first-order valence-corrected chi connectivity index (χ1v) is 6.76. The fraction of sp³-hybridized carbons (Fsp3) is 0.182. The summed E-state index contributed by atoms with van der Waals surface area (Å²) < 4.78 is 1.24. The predicted octanol–water partition coefficient (Wildman–Crippen LogP) is 1.47. The normalized spacial score (nSPS) is 10.7. The van der Waals surface area contributed by atoms with E-state index in [4.69, 9.17) is 5.11 Å². The van der Waals surface area contributed by atoms with Gasteiger partial charge < -0.3 is 0 Å². The zero-order chi connectivity index (χ0) is 10.6. The molecule has 2 nitrogen and oxygen atoms in total. The maximum absolute atomic E-state index is 10.4. The van der Waals surface area contributed by atoms with E-state index in [1.807, 2.05) is 13.0 Å². The number of benzene rings is 1. The summed E-state index contributed by atoms with van der Waals surface area (Å²) in [4.78, 5) is 10.4. The van der Waals surface area contributed by atoms with Gasteiger partial charge in [-0.1, -0.05) is 0 Å². The monoisotopic (exact) mass is 256 g/mol. The molecule has 0 radical (unpaired) electrons. The first-order chi connectivity index (χ1) is 6.63. The molecule has 1 N–H and O–H groups in total. The summed E-state index contributed by atoms with van der Waals surface area (Å²) in [6.07, 6.45) is 2.85. The first kappa shape index (κ1) is 11.0. The SMILES string of the molecule is C[Se]c1ccc(C)cc1/C=C/C(=O)O. The van der Waals surface area contributed by atoms with Crippen LogP contribution >= 0.6 is 0 Å². The van der Waals surface area contributed by atoms with Crippen LogP contribution in [-0.2, 0) is 4.79 Å². The van der Waals surface area contributed by atoms with Crippen LogP contribution in [0.25, 0.3) is 6.08 Å². The molecule has 0 unspecified atom stereocenters. The van der Waals surface area contributed by atoms with E-state index in [9.17, 15) is 4.79 Å². The molecule has 1 aromatic carbocycles. The molecule has 0 saturated heterocycles. The van der Waals surface area contributed by atoms with Crippen LogP contribution in [0.3, 0.4) is 0 Å². The average Bonchev–Trinajstić information content (AvgIpc) is 2.15. The van der Waals surface area contributed by atoms with Crippen molar-refractivity contribution in [2.45, 2.75) is 12.7 Å². The van der Waals surface area contributed by atoms with E-state index in [0.29, 0.717) is 15.0 Å². The molecule has 3 heteroatoms. The van der Waals surface area contributed by atoms with E-state index >= 15 is 0 Å². The Morgan fingerprint density at radius 2 is 2.21 bits per heavy atom. The van der Waals surface area contributed by atoms with Crippen molar-refractivity contribution in [2.24, 2.45) is 0 Å². The van der Waals surface area contributed by atoms with Gasteiger partial charge >= 0.3 is 89.5 Å². The van der Waals surface area contributed by atoms with Crippen LogP contribution in [0.2, 0.25) is 5.82 Å². The van der Waals surface area contributed by atoms with Crippen LogP contribution in [0.4, 0.5) is 0 Å². The van der Waals surface area contributed by atoms with Crippen LogP contribution in [0.5, 0.6) is 0 Å². The molecule has 1 aromatic rings. The van der Waals surface area contributed by atoms with Crippen molar-refractivity contribution in [3.63, 3.8) is 0 Å². The fourth-order valence-electron chi connectivity index (χ4n) is 1.15. The van der Waals surface area contributed by atoms with E-state index in [1.165, 1.54) is 10.5 Å². The molecular formula is C11H12O2Se. The van der Waals surface area contributed by atoms with Gasteiger partial charge in [0.1, 0.15) is 0 Å².